The van der Waals surface area contributed by atoms with Gasteiger partial charge in [-0.25, -0.2) is 9.97 Å². The predicted molar refractivity (Wildman–Crippen MR) is 231 cm³/mol. The van der Waals surface area contributed by atoms with E-state index in [4.69, 9.17) is 9.97 Å². The molecule has 0 aliphatic heterocycles. The summed E-state index contributed by atoms with van der Waals surface area (Å²) >= 11 is 0. The van der Waals surface area contributed by atoms with Gasteiger partial charge in [0.15, 0.2) is 5.82 Å². The van der Waals surface area contributed by atoms with Crippen LogP contribution in [0.1, 0.15) is 0 Å². The van der Waals surface area contributed by atoms with E-state index in [2.05, 4.69) is 193 Å². The molecule has 11 aromatic rings. The van der Waals surface area contributed by atoms with Crippen LogP contribution in [0.4, 0.5) is 0 Å². The molecular formula is C52H33N3. The van der Waals surface area contributed by atoms with Crippen molar-refractivity contribution in [1.29, 1.82) is 0 Å². The van der Waals surface area contributed by atoms with Crippen molar-refractivity contribution in [2.75, 3.05) is 0 Å². The van der Waals surface area contributed by atoms with Crippen LogP contribution in [0.2, 0.25) is 0 Å². The molecule has 0 saturated heterocycles. The van der Waals surface area contributed by atoms with Gasteiger partial charge in [0.2, 0.25) is 0 Å². The van der Waals surface area contributed by atoms with Crippen molar-refractivity contribution in [3.05, 3.63) is 200 Å². The Morgan fingerprint density at radius 3 is 1.40 bits per heavy atom. The van der Waals surface area contributed by atoms with Crippen LogP contribution in [0.5, 0.6) is 0 Å². The minimum Gasteiger partial charge on any atom is -0.309 e. The van der Waals surface area contributed by atoms with E-state index >= 15 is 0 Å². The second-order valence-corrected chi connectivity index (χ2v) is 14.2. The van der Waals surface area contributed by atoms with Crippen LogP contribution >= 0.6 is 0 Å². The van der Waals surface area contributed by atoms with Gasteiger partial charge in [0.25, 0.3) is 0 Å². The summed E-state index contributed by atoms with van der Waals surface area (Å²) in [5, 5.41) is 9.69. The number of benzene rings is 9. The lowest BCUT2D eigenvalue weighted by molar-refractivity contribution is 1.17. The minimum absolute atomic E-state index is 0.688. The van der Waals surface area contributed by atoms with Crippen molar-refractivity contribution in [3.63, 3.8) is 0 Å². The highest BCUT2D eigenvalue weighted by molar-refractivity contribution is 6.28. The Morgan fingerprint density at radius 1 is 0.291 bits per heavy atom. The molecule has 0 saturated carbocycles. The normalized spacial score (nSPS) is 11.6. The SMILES string of the molecule is c1ccc(-c2ccc3c(c2)c2ccccc2n3-c2cc(-c3nc(-c4ccccc4)cc(-c4ccccc4)n3)cc3c4ccccc4c4ccccc4c23)cc1. The van der Waals surface area contributed by atoms with Gasteiger partial charge in [-0.1, -0.05) is 164 Å². The zero-order valence-corrected chi connectivity index (χ0v) is 29.9. The molecule has 0 aliphatic carbocycles. The van der Waals surface area contributed by atoms with E-state index in [-0.39, 0.29) is 0 Å². The molecule has 256 valence electrons. The third kappa shape index (κ3) is 5.13. The Labute approximate surface area is 318 Å². The van der Waals surface area contributed by atoms with Gasteiger partial charge in [0, 0.05) is 32.8 Å². The lowest BCUT2D eigenvalue weighted by Crippen LogP contribution is -2.00. The number of para-hydroxylation sites is 1. The second-order valence-electron chi connectivity index (χ2n) is 14.2. The molecule has 11 rings (SSSR count). The molecular weight excluding hydrogens is 667 g/mol. The van der Waals surface area contributed by atoms with E-state index in [1.165, 1.54) is 54.2 Å². The lowest BCUT2D eigenvalue weighted by Gasteiger charge is -2.18. The average molecular weight is 700 g/mol. The molecule has 0 aliphatic rings. The molecule has 0 atom stereocenters. The van der Waals surface area contributed by atoms with Crippen LogP contribution in [0.15, 0.2) is 200 Å². The fourth-order valence-electron chi connectivity index (χ4n) is 8.45. The van der Waals surface area contributed by atoms with E-state index in [9.17, 15) is 0 Å². The Kier molecular flexibility index (Phi) is 7.17. The summed E-state index contributed by atoms with van der Waals surface area (Å²) in [7, 11) is 0. The first-order chi connectivity index (χ1) is 27.3. The van der Waals surface area contributed by atoms with Crippen molar-refractivity contribution in [1.82, 2.24) is 14.5 Å². The first-order valence-electron chi connectivity index (χ1n) is 18.7. The Balaban J connectivity index is 1.28. The standard InChI is InChI=1S/C52H33N3/c1-4-16-34(17-5-1)37-28-29-49-44(30-37)42-25-14-15-27-48(42)55(49)50-32-38(31-45-41-24-11-10-22-39(41)40-23-12-13-26-43(40)51(45)50)52-53-46(35-18-6-2-7-19-35)33-47(54-52)36-20-8-3-9-21-36/h1-33H. The summed E-state index contributed by atoms with van der Waals surface area (Å²) in [4.78, 5) is 10.6. The smallest absolute Gasteiger partial charge is 0.160 e. The third-order valence-electron chi connectivity index (χ3n) is 11.0. The second kappa shape index (κ2) is 12.6. The van der Waals surface area contributed by atoms with Crippen LogP contribution in [0.25, 0.3) is 105 Å². The van der Waals surface area contributed by atoms with Gasteiger partial charge in [-0.05, 0) is 74.5 Å². The van der Waals surface area contributed by atoms with E-state index in [1.807, 2.05) is 12.1 Å². The van der Waals surface area contributed by atoms with Crippen molar-refractivity contribution in [3.8, 4) is 50.7 Å². The zero-order chi connectivity index (χ0) is 36.3. The molecule has 0 N–H and O–H groups in total. The number of aromatic nitrogens is 3. The van der Waals surface area contributed by atoms with Gasteiger partial charge >= 0.3 is 0 Å². The van der Waals surface area contributed by atoms with Crippen molar-refractivity contribution >= 4 is 54.1 Å². The summed E-state index contributed by atoms with van der Waals surface area (Å²) in [5.41, 5.74) is 10.7. The number of fused-ring (bicyclic) bond motifs is 9. The fourth-order valence-corrected chi connectivity index (χ4v) is 8.45. The summed E-state index contributed by atoms with van der Waals surface area (Å²) in [6.07, 6.45) is 0. The largest absolute Gasteiger partial charge is 0.309 e. The lowest BCUT2D eigenvalue weighted by atomic mass is 9.91. The van der Waals surface area contributed by atoms with Gasteiger partial charge in [0.05, 0.1) is 28.1 Å². The molecule has 2 aromatic heterocycles. The molecule has 55 heavy (non-hydrogen) atoms. The van der Waals surface area contributed by atoms with Gasteiger partial charge < -0.3 is 4.57 Å². The molecule has 3 nitrogen and oxygen atoms in total. The molecule has 0 bridgehead atoms. The maximum atomic E-state index is 5.32. The third-order valence-corrected chi connectivity index (χ3v) is 11.0. The molecule has 0 spiro atoms. The molecule has 9 aromatic carbocycles. The van der Waals surface area contributed by atoms with Gasteiger partial charge in [-0.15, -0.1) is 0 Å². The maximum Gasteiger partial charge on any atom is 0.160 e. The molecule has 0 unspecified atom stereocenters. The molecule has 2 heterocycles. The highest BCUT2D eigenvalue weighted by Gasteiger charge is 2.21. The first-order valence-corrected chi connectivity index (χ1v) is 18.7. The van der Waals surface area contributed by atoms with Crippen LogP contribution < -0.4 is 0 Å². The first kappa shape index (κ1) is 31.2. The number of rotatable bonds is 5. The van der Waals surface area contributed by atoms with Crippen molar-refractivity contribution < 1.29 is 0 Å². The average Bonchev–Trinajstić information content (AvgIpc) is 3.60. The summed E-state index contributed by atoms with van der Waals surface area (Å²) in [6, 6.07) is 71.5. The van der Waals surface area contributed by atoms with Gasteiger partial charge in [-0.2, -0.15) is 0 Å². The molecule has 0 amide bonds. The maximum absolute atomic E-state index is 5.32. The highest BCUT2D eigenvalue weighted by atomic mass is 15.0. The van der Waals surface area contributed by atoms with Crippen LogP contribution in [-0.4, -0.2) is 14.5 Å². The van der Waals surface area contributed by atoms with Gasteiger partial charge in [-0.3, -0.25) is 0 Å². The van der Waals surface area contributed by atoms with E-state index < -0.39 is 0 Å². The fraction of sp³-hybridized carbons (Fsp3) is 0. The van der Waals surface area contributed by atoms with Crippen molar-refractivity contribution in [2.24, 2.45) is 0 Å². The summed E-state index contributed by atoms with van der Waals surface area (Å²) in [6.45, 7) is 0. The van der Waals surface area contributed by atoms with Crippen LogP contribution in [0.3, 0.4) is 0 Å². The molecule has 3 heteroatoms. The van der Waals surface area contributed by atoms with Gasteiger partial charge in [0.1, 0.15) is 0 Å². The number of hydrogen-bond acceptors (Lipinski definition) is 2. The quantitative estimate of drug-likeness (QED) is 0.167. The van der Waals surface area contributed by atoms with E-state index in [0.29, 0.717) is 5.82 Å². The molecule has 0 radical (unpaired) electrons. The zero-order valence-electron chi connectivity index (χ0n) is 29.9. The van der Waals surface area contributed by atoms with Crippen LogP contribution in [-0.2, 0) is 0 Å². The van der Waals surface area contributed by atoms with Crippen LogP contribution in [0, 0.1) is 0 Å². The van der Waals surface area contributed by atoms with E-state index in [1.54, 1.807) is 0 Å². The van der Waals surface area contributed by atoms with E-state index in [0.717, 1.165) is 44.8 Å². The predicted octanol–water partition coefficient (Wildman–Crippen LogP) is 13.7. The topological polar surface area (TPSA) is 30.7 Å². The Hall–Kier alpha value is -7.36. The number of nitrogens with zero attached hydrogens (tertiary/aromatic N) is 3. The highest BCUT2D eigenvalue weighted by Crippen LogP contribution is 2.44. The van der Waals surface area contributed by atoms with Crippen molar-refractivity contribution in [2.45, 2.75) is 0 Å². The Morgan fingerprint density at radius 2 is 0.764 bits per heavy atom. The number of hydrogen-bond donors (Lipinski definition) is 0. The minimum atomic E-state index is 0.688. The Bertz CT molecular complexity index is 3180. The summed E-state index contributed by atoms with van der Waals surface area (Å²) in [5.74, 6) is 0.688. The summed E-state index contributed by atoms with van der Waals surface area (Å²) < 4.78 is 2.46. The molecule has 0 fully saturated rings. The monoisotopic (exact) mass is 699 g/mol.